The van der Waals surface area contributed by atoms with Crippen LogP contribution in [0.5, 0.6) is 0 Å². The molecule has 0 saturated carbocycles. The van der Waals surface area contributed by atoms with E-state index in [1.807, 2.05) is 13.8 Å². The summed E-state index contributed by atoms with van der Waals surface area (Å²) >= 11 is 0. The second-order valence-electron chi connectivity index (χ2n) is 6.40. The zero-order valence-corrected chi connectivity index (χ0v) is 14.7. The quantitative estimate of drug-likeness (QED) is 0.762. The maximum absolute atomic E-state index is 12.3. The number of anilines is 2. The van der Waals surface area contributed by atoms with Crippen LogP contribution in [0.15, 0.2) is 36.5 Å². The van der Waals surface area contributed by atoms with Gasteiger partial charge in [-0.05, 0) is 32.4 Å². The average Bonchev–Trinajstić information content (AvgIpc) is 3.02. The number of carbonyl (C=O) groups is 3. The van der Waals surface area contributed by atoms with Gasteiger partial charge in [0.15, 0.2) is 0 Å². The fourth-order valence-electron chi connectivity index (χ4n) is 2.82. The van der Waals surface area contributed by atoms with Crippen LogP contribution in [-0.2, 0) is 9.59 Å². The molecule has 1 aromatic heterocycles. The van der Waals surface area contributed by atoms with E-state index in [1.165, 1.54) is 0 Å². The molecule has 0 saturated heterocycles. The number of hydrogen-bond acceptors (Lipinski definition) is 4. The zero-order valence-electron chi connectivity index (χ0n) is 14.7. The largest absolute Gasteiger partial charge is 0.340 e. The molecule has 3 amide bonds. The van der Waals surface area contributed by atoms with Crippen LogP contribution < -0.4 is 16.0 Å². The Labute approximate surface area is 151 Å². The lowest BCUT2D eigenvalue weighted by Gasteiger charge is -2.15. The van der Waals surface area contributed by atoms with Crippen molar-refractivity contribution in [2.45, 2.75) is 38.8 Å². The molecule has 0 unspecified atom stereocenters. The predicted molar refractivity (Wildman–Crippen MR) is 96.8 cm³/mol. The molecule has 1 aliphatic heterocycles. The lowest BCUT2D eigenvalue weighted by Crippen LogP contribution is -2.41. The van der Waals surface area contributed by atoms with Crippen LogP contribution in [0.4, 0.5) is 11.5 Å². The molecular weight excluding hydrogens is 334 g/mol. The predicted octanol–water partition coefficient (Wildman–Crippen LogP) is 1.93. The molecule has 2 aromatic rings. The van der Waals surface area contributed by atoms with Gasteiger partial charge in [-0.15, -0.1) is 0 Å². The fourth-order valence-corrected chi connectivity index (χ4v) is 2.82. The third-order valence-corrected chi connectivity index (χ3v) is 4.14. The number of amides is 3. The topological polar surface area (TPSA) is 105 Å². The second kappa shape index (κ2) is 7.38. The highest BCUT2D eigenvalue weighted by atomic mass is 16.2. The van der Waals surface area contributed by atoms with E-state index < -0.39 is 6.04 Å². The van der Waals surface area contributed by atoms with Crippen LogP contribution >= 0.6 is 0 Å². The minimum atomic E-state index is -0.768. The van der Waals surface area contributed by atoms with Crippen molar-refractivity contribution in [2.75, 3.05) is 10.6 Å². The molecule has 0 spiro atoms. The molecule has 26 heavy (non-hydrogen) atoms. The zero-order chi connectivity index (χ0) is 18.7. The van der Waals surface area contributed by atoms with Gasteiger partial charge in [-0.25, -0.2) is 4.68 Å². The van der Waals surface area contributed by atoms with Crippen molar-refractivity contribution in [1.29, 1.82) is 0 Å². The monoisotopic (exact) mass is 355 g/mol. The highest BCUT2D eigenvalue weighted by molar-refractivity contribution is 6.09. The minimum Gasteiger partial charge on any atom is -0.340 e. The molecule has 8 nitrogen and oxygen atoms in total. The molecule has 0 fully saturated rings. The maximum atomic E-state index is 12.3. The van der Waals surface area contributed by atoms with Gasteiger partial charge < -0.3 is 16.0 Å². The summed E-state index contributed by atoms with van der Waals surface area (Å²) in [7, 11) is 0. The van der Waals surface area contributed by atoms with Gasteiger partial charge in [0.2, 0.25) is 11.8 Å². The van der Waals surface area contributed by atoms with Crippen LogP contribution in [0.3, 0.4) is 0 Å². The number of rotatable bonds is 5. The number of carbonyl (C=O) groups excluding carboxylic acids is 3. The minimum absolute atomic E-state index is 0.0952. The summed E-state index contributed by atoms with van der Waals surface area (Å²) < 4.78 is 1.70. The molecule has 0 bridgehead atoms. The molecular formula is C18H21N5O3. The van der Waals surface area contributed by atoms with Gasteiger partial charge in [-0.1, -0.05) is 12.1 Å². The standard InChI is InChI=1S/C18H21N5O3/c1-11(2)23-15(9-10-19-23)22-16(24)8-7-14-18(26)20-13-6-4-3-5-12(13)17(25)21-14/h3-6,9-11,14H,7-8H2,1-2H3,(H,20,26)(H,21,25)(H,22,24)/t14-/m0/s1. The lowest BCUT2D eigenvalue weighted by molar-refractivity contribution is -0.118. The number of hydrogen-bond donors (Lipinski definition) is 3. The molecule has 3 N–H and O–H groups in total. The highest BCUT2D eigenvalue weighted by Gasteiger charge is 2.27. The molecule has 136 valence electrons. The van der Waals surface area contributed by atoms with E-state index in [0.717, 1.165) is 0 Å². The van der Waals surface area contributed by atoms with E-state index in [4.69, 9.17) is 0 Å². The number of aromatic nitrogens is 2. The van der Waals surface area contributed by atoms with Crippen molar-refractivity contribution in [3.63, 3.8) is 0 Å². The van der Waals surface area contributed by atoms with Gasteiger partial charge in [0.05, 0.1) is 17.4 Å². The second-order valence-corrected chi connectivity index (χ2v) is 6.40. The van der Waals surface area contributed by atoms with Crippen LogP contribution in [0, 0.1) is 0 Å². The molecule has 1 aliphatic rings. The number of nitrogens with zero attached hydrogens (tertiary/aromatic N) is 2. The normalized spacial score (nSPS) is 16.5. The Bertz CT molecular complexity index is 843. The Balaban J connectivity index is 1.61. The van der Waals surface area contributed by atoms with Crippen LogP contribution in [0.2, 0.25) is 0 Å². The molecule has 1 atom stereocenters. The molecule has 0 radical (unpaired) electrons. The summed E-state index contributed by atoms with van der Waals surface area (Å²) in [4.78, 5) is 36.8. The Kier molecular flexibility index (Phi) is 5.01. The maximum Gasteiger partial charge on any atom is 0.254 e. The number of benzene rings is 1. The van der Waals surface area contributed by atoms with Gasteiger partial charge in [0, 0.05) is 18.5 Å². The average molecular weight is 355 g/mol. The van der Waals surface area contributed by atoms with Crippen molar-refractivity contribution < 1.29 is 14.4 Å². The number of fused-ring (bicyclic) bond motifs is 1. The van der Waals surface area contributed by atoms with Crippen molar-refractivity contribution in [1.82, 2.24) is 15.1 Å². The SMILES string of the molecule is CC(C)n1nccc1NC(=O)CC[C@@H]1NC(=O)c2ccccc2NC1=O. The Morgan fingerprint density at radius 3 is 2.81 bits per heavy atom. The van der Waals surface area contributed by atoms with Gasteiger partial charge in [-0.3, -0.25) is 14.4 Å². The van der Waals surface area contributed by atoms with Crippen molar-refractivity contribution in [2.24, 2.45) is 0 Å². The summed E-state index contributed by atoms with van der Waals surface area (Å²) in [6, 6.07) is 7.87. The lowest BCUT2D eigenvalue weighted by atomic mass is 10.1. The summed E-state index contributed by atoms with van der Waals surface area (Å²) in [6.07, 6.45) is 1.91. The van der Waals surface area contributed by atoms with Gasteiger partial charge in [0.1, 0.15) is 11.9 Å². The summed E-state index contributed by atoms with van der Waals surface area (Å²) in [5.74, 6) is -0.298. The first-order chi connectivity index (χ1) is 12.5. The first kappa shape index (κ1) is 17.7. The van der Waals surface area contributed by atoms with Crippen LogP contribution in [-0.4, -0.2) is 33.5 Å². The Morgan fingerprint density at radius 2 is 2.04 bits per heavy atom. The van der Waals surface area contributed by atoms with Crippen molar-refractivity contribution in [3.8, 4) is 0 Å². The smallest absolute Gasteiger partial charge is 0.254 e. The molecule has 3 rings (SSSR count). The van der Waals surface area contributed by atoms with E-state index in [2.05, 4.69) is 21.0 Å². The van der Waals surface area contributed by atoms with Crippen LogP contribution in [0.1, 0.15) is 43.1 Å². The first-order valence-electron chi connectivity index (χ1n) is 8.50. The fraction of sp³-hybridized carbons (Fsp3) is 0.333. The van der Waals surface area contributed by atoms with Gasteiger partial charge in [0.25, 0.3) is 5.91 Å². The Hall–Kier alpha value is -3.16. The first-order valence-corrected chi connectivity index (χ1v) is 8.50. The third kappa shape index (κ3) is 3.74. The number of para-hydroxylation sites is 1. The van der Waals surface area contributed by atoms with Gasteiger partial charge in [-0.2, -0.15) is 5.10 Å². The van der Waals surface area contributed by atoms with E-state index in [1.54, 1.807) is 41.2 Å². The highest BCUT2D eigenvalue weighted by Crippen LogP contribution is 2.19. The summed E-state index contributed by atoms with van der Waals surface area (Å²) in [5, 5.41) is 12.4. The molecule has 0 aliphatic carbocycles. The van der Waals surface area contributed by atoms with E-state index in [9.17, 15) is 14.4 Å². The van der Waals surface area contributed by atoms with Gasteiger partial charge >= 0.3 is 0 Å². The van der Waals surface area contributed by atoms with E-state index in [0.29, 0.717) is 17.1 Å². The molecule has 8 heteroatoms. The summed E-state index contributed by atoms with van der Waals surface area (Å²) in [5.41, 5.74) is 0.886. The van der Waals surface area contributed by atoms with E-state index in [-0.39, 0.29) is 36.6 Å². The third-order valence-electron chi connectivity index (χ3n) is 4.14. The summed E-state index contributed by atoms with van der Waals surface area (Å²) in [6.45, 7) is 3.93. The van der Waals surface area contributed by atoms with Crippen molar-refractivity contribution >= 4 is 29.2 Å². The molecule has 1 aromatic carbocycles. The molecule has 2 heterocycles. The van der Waals surface area contributed by atoms with Crippen molar-refractivity contribution in [3.05, 3.63) is 42.1 Å². The number of nitrogens with one attached hydrogen (secondary N) is 3. The van der Waals surface area contributed by atoms with E-state index >= 15 is 0 Å². The van der Waals surface area contributed by atoms with Crippen LogP contribution in [0.25, 0.3) is 0 Å². The Morgan fingerprint density at radius 1 is 1.27 bits per heavy atom.